The largest absolute Gasteiger partial charge is 0.378 e. The number of carbonyl (C=O) groups is 1. The van der Waals surface area contributed by atoms with Crippen molar-refractivity contribution in [1.29, 1.82) is 0 Å². The Morgan fingerprint density at radius 2 is 2.43 bits per heavy atom. The normalized spacial score (nSPS) is 18.2. The van der Waals surface area contributed by atoms with E-state index in [0.717, 1.165) is 34.1 Å². The van der Waals surface area contributed by atoms with Crippen molar-refractivity contribution >= 4 is 45.6 Å². The van der Waals surface area contributed by atoms with E-state index in [2.05, 4.69) is 15.6 Å². The Bertz CT molecular complexity index is 626. The summed E-state index contributed by atoms with van der Waals surface area (Å²) in [5.74, 6) is 0.00795. The van der Waals surface area contributed by atoms with E-state index in [0.29, 0.717) is 13.0 Å². The molecule has 1 unspecified atom stereocenters. The molecule has 5 nitrogen and oxygen atoms in total. The van der Waals surface area contributed by atoms with Crippen LogP contribution in [0.25, 0.3) is 10.2 Å². The molecule has 0 saturated carbocycles. The van der Waals surface area contributed by atoms with Crippen LogP contribution >= 0.6 is 23.7 Å². The summed E-state index contributed by atoms with van der Waals surface area (Å²) in [7, 11) is 0. The van der Waals surface area contributed by atoms with Crippen LogP contribution < -0.4 is 10.6 Å². The molecule has 1 fully saturated rings. The predicted molar refractivity (Wildman–Crippen MR) is 87.5 cm³/mol. The van der Waals surface area contributed by atoms with Gasteiger partial charge in [0.25, 0.3) is 0 Å². The summed E-state index contributed by atoms with van der Waals surface area (Å²) in [4.78, 5) is 16.4. The van der Waals surface area contributed by atoms with Crippen molar-refractivity contribution in [3.63, 3.8) is 0 Å². The lowest BCUT2D eigenvalue weighted by Gasteiger charge is -2.23. The highest BCUT2D eigenvalue weighted by atomic mass is 35.5. The van der Waals surface area contributed by atoms with Gasteiger partial charge in [-0.2, -0.15) is 0 Å². The van der Waals surface area contributed by atoms with E-state index in [1.165, 1.54) is 0 Å². The van der Waals surface area contributed by atoms with E-state index in [-0.39, 0.29) is 24.4 Å². The van der Waals surface area contributed by atoms with Gasteiger partial charge in [-0.15, -0.1) is 23.7 Å². The third-order valence-electron chi connectivity index (χ3n) is 3.21. The van der Waals surface area contributed by atoms with Crippen molar-refractivity contribution in [3.05, 3.63) is 23.2 Å². The van der Waals surface area contributed by atoms with Crippen LogP contribution in [-0.4, -0.2) is 36.7 Å². The van der Waals surface area contributed by atoms with E-state index >= 15 is 0 Å². The molecule has 1 aromatic heterocycles. The number of morpholine rings is 1. The number of benzene rings is 1. The van der Waals surface area contributed by atoms with Gasteiger partial charge in [-0.05, 0) is 25.1 Å². The number of nitrogens with zero attached hydrogens (tertiary/aromatic N) is 1. The predicted octanol–water partition coefficient (Wildman–Crippen LogP) is 2.34. The number of anilines is 1. The number of nitrogens with one attached hydrogen (secondary N) is 2. The molecule has 1 aliphatic heterocycles. The maximum atomic E-state index is 12.0. The smallest absolute Gasteiger partial charge is 0.226 e. The van der Waals surface area contributed by atoms with Gasteiger partial charge >= 0.3 is 0 Å². The molecule has 2 heterocycles. The van der Waals surface area contributed by atoms with Crippen LogP contribution in [0.4, 0.5) is 5.69 Å². The summed E-state index contributed by atoms with van der Waals surface area (Å²) in [6, 6.07) is 5.92. The quantitative estimate of drug-likeness (QED) is 0.908. The zero-order chi connectivity index (χ0) is 13.9. The third-order valence-corrected chi connectivity index (χ3v) is 4.14. The van der Waals surface area contributed by atoms with Crippen molar-refractivity contribution < 1.29 is 9.53 Å². The van der Waals surface area contributed by atoms with Crippen LogP contribution in [0.5, 0.6) is 0 Å². The van der Waals surface area contributed by atoms with E-state index in [9.17, 15) is 4.79 Å². The van der Waals surface area contributed by atoms with E-state index < -0.39 is 0 Å². The van der Waals surface area contributed by atoms with Crippen molar-refractivity contribution in [3.8, 4) is 0 Å². The van der Waals surface area contributed by atoms with Gasteiger partial charge in [-0.1, -0.05) is 0 Å². The molecule has 114 valence electrons. The molecular weight excluding hydrogens is 310 g/mol. The Balaban J connectivity index is 0.00000161. The third kappa shape index (κ3) is 4.14. The Morgan fingerprint density at radius 1 is 1.57 bits per heavy atom. The summed E-state index contributed by atoms with van der Waals surface area (Å²) < 4.78 is 6.44. The number of hydrogen-bond acceptors (Lipinski definition) is 5. The van der Waals surface area contributed by atoms with Gasteiger partial charge in [0.05, 0.1) is 28.4 Å². The molecule has 0 radical (unpaired) electrons. The molecule has 2 aromatic rings. The van der Waals surface area contributed by atoms with Gasteiger partial charge in [0.2, 0.25) is 5.91 Å². The lowest BCUT2D eigenvalue weighted by molar-refractivity contribution is -0.117. The lowest BCUT2D eigenvalue weighted by atomic mass is 10.2. The number of amides is 1. The molecule has 21 heavy (non-hydrogen) atoms. The first-order valence-corrected chi connectivity index (χ1v) is 7.50. The molecule has 1 saturated heterocycles. The van der Waals surface area contributed by atoms with Gasteiger partial charge < -0.3 is 15.4 Å². The minimum absolute atomic E-state index is 0. The van der Waals surface area contributed by atoms with Crippen molar-refractivity contribution in [1.82, 2.24) is 10.3 Å². The highest BCUT2D eigenvalue weighted by Gasteiger charge is 2.17. The molecule has 7 heteroatoms. The number of rotatable bonds is 3. The minimum atomic E-state index is 0. The highest BCUT2D eigenvalue weighted by molar-refractivity contribution is 7.18. The molecule has 0 spiro atoms. The van der Waals surface area contributed by atoms with Gasteiger partial charge in [-0.3, -0.25) is 4.79 Å². The fraction of sp³-hybridized carbons (Fsp3) is 0.429. The number of aryl methyl sites for hydroxylation is 1. The number of fused-ring (bicyclic) bond motifs is 1. The summed E-state index contributed by atoms with van der Waals surface area (Å²) in [5, 5.41) is 7.24. The van der Waals surface area contributed by atoms with E-state index in [1.54, 1.807) is 11.3 Å². The van der Waals surface area contributed by atoms with Crippen LogP contribution in [0.1, 0.15) is 11.4 Å². The number of halogens is 1. The SMILES string of the molecule is Cc1nc2ccc(NC(=O)CC3COCCN3)cc2s1.Cl. The fourth-order valence-electron chi connectivity index (χ4n) is 2.30. The summed E-state index contributed by atoms with van der Waals surface area (Å²) in [5.41, 5.74) is 1.80. The number of aromatic nitrogens is 1. The molecule has 2 N–H and O–H groups in total. The maximum absolute atomic E-state index is 12.0. The van der Waals surface area contributed by atoms with Crippen LogP contribution in [0.15, 0.2) is 18.2 Å². The minimum Gasteiger partial charge on any atom is -0.378 e. The van der Waals surface area contributed by atoms with Crippen LogP contribution in [0.2, 0.25) is 0 Å². The molecule has 1 aliphatic rings. The highest BCUT2D eigenvalue weighted by Crippen LogP contribution is 2.24. The molecule has 1 amide bonds. The van der Waals surface area contributed by atoms with E-state index in [4.69, 9.17) is 4.74 Å². The first-order chi connectivity index (χ1) is 9.70. The van der Waals surface area contributed by atoms with Gasteiger partial charge in [0.15, 0.2) is 0 Å². The zero-order valence-corrected chi connectivity index (χ0v) is 13.4. The average Bonchev–Trinajstić information content (AvgIpc) is 2.79. The monoisotopic (exact) mass is 327 g/mol. The van der Waals surface area contributed by atoms with Crippen molar-refractivity contribution in [2.24, 2.45) is 0 Å². The molecule has 0 bridgehead atoms. The number of thiazole rings is 1. The van der Waals surface area contributed by atoms with Crippen LogP contribution in [0, 0.1) is 6.92 Å². The second kappa shape index (κ2) is 7.17. The summed E-state index contributed by atoms with van der Waals surface area (Å²) >= 11 is 1.63. The van der Waals surface area contributed by atoms with Gasteiger partial charge in [0, 0.05) is 24.7 Å². The van der Waals surface area contributed by atoms with Gasteiger partial charge in [-0.25, -0.2) is 4.98 Å². The molecule has 0 aliphatic carbocycles. The Morgan fingerprint density at radius 3 is 3.19 bits per heavy atom. The number of carbonyl (C=O) groups excluding carboxylic acids is 1. The zero-order valence-electron chi connectivity index (χ0n) is 11.7. The van der Waals surface area contributed by atoms with Crippen LogP contribution in [0.3, 0.4) is 0 Å². The van der Waals surface area contributed by atoms with Crippen molar-refractivity contribution in [2.75, 3.05) is 25.1 Å². The standard InChI is InChI=1S/C14H17N3O2S.ClH/c1-9-16-12-3-2-10(6-13(12)20-9)17-14(18)7-11-8-19-5-4-15-11;/h2-3,6,11,15H,4-5,7-8H2,1H3,(H,17,18);1H. The molecule has 3 rings (SSSR count). The number of hydrogen-bond donors (Lipinski definition) is 2. The first kappa shape index (κ1) is 16.2. The number of ether oxygens (including phenoxy) is 1. The van der Waals surface area contributed by atoms with Crippen molar-refractivity contribution in [2.45, 2.75) is 19.4 Å². The topological polar surface area (TPSA) is 63.2 Å². The Hall–Kier alpha value is -1.21. The summed E-state index contributed by atoms with van der Waals surface area (Å²) in [6.45, 7) is 4.11. The molecular formula is C14H18ClN3O2S. The maximum Gasteiger partial charge on any atom is 0.226 e. The second-order valence-electron chi connectivity index (χ2n) is 4.89. The van der Waals surface area contributed by atoms with Gasteiger partial charge in [0.1, 0.15) is 0 Å². The Kier molecular flexibility index (Phi) is 5.52. The first-order valence-electron chi connectivity index (χ1n) is 6.69. The van der Waals surface area contributed by atoms with E-state index in [1.807, 2.05) is 25.1 Å². The lowest BCUT2D eigenvalue weighted by Crippen LogP contribution is -2.43. The second-order valence-corrected chi connectivity index (χ2v) is 6.13. The Labute approximate surface area is 133 Å². The summed E-state index contributed by atoms with van der Waals surface area (Å²) in [6.07, 6.45) is 0.430. The fourth-order valence-corrected chi connectivity index (χ4v) is 3.17. The van der Waals surface area contributed by atoms with Crippen LogP contribution in [-0.2, 0) is 9.53 Å². The molecule has 1 aromatic carbocycles. The molecule has 1 atom stereocenters. The average molecular weight is 328 g/mol.